The number of carbonyl (C=O) groups is 1. The van der Waals surface area contributed by atoms with Crippen LogP contribution in [0, 0.1) is 12.3 Å². The van der Waals surface area contributed by atoms with Crippen LogP contribution in [-0.4, -0.2) is 15.9 Å². The van der Waals surface area contributed by atoms with Crippen LogP contribution in [0.15, 0.2) is 36.7 Å². The number of aromatic nitrogens is 2. The van der Waals surface area contributed by atoms with Gasteiger partial charge >= 0.3 is 0 Å². The van der Waals surface area contributed by atoms with Gasteiger partial charge in [-0.3, -0.25) is 4.79 Å². The second kappa shape index (κ2) is 5.91. The lowest BCUT2D eigenvalue weighted by Crippen LogP contribution is -2.27. The molecule has 1 aromatic carbocycles. The van der Waals surface area contributed by atoms with E-state index in [-0.39, 0.29) is 5.91 Å². The molecule has 5 nitrogen and oxygen atoms in total. The Morgan fingerprint density at radius 2 is 1.67 bits per heavy atom. The average Bonchev–Trinajstić information content (AvgIpc) is 2.40. The molecule has 2 aromatic rings. The fraction of sp³-hybridized carbons (Fsp3) is 0.312. The van der Waals surface area contributed by atoms with Crippen LogP contribution < -0.4 is 10.6 Å². The number of carbonyl (C=O) groups excluding carboxylic acids is 1. The Balaban J connectivity index is 2.04. The van der Waals surface area contributed by atoms with Crippen LogP contribution >= 0.6 is 0 Å². The van der Waals surface area contributed by atoms with E-state index in [1.54, 1.807) is 0 Å². The van der Waals surface area contributed by atoms with Crippen molar-refractivity contribution in [3.8, 4) is 0 Å². The molecular formula is C16H20N4O. The zero-order chi connectivity index (χ0) is 15.5. The summed E-state index contributed by atoms with van der Waals surface area (Å²) in [7, 11) is 0. The smallest absolute Gasteiger partial charge is 0.229 e. The molecule has 0 saturated carbocycles. The van der Waals surface area contributed by atoms with Gasteiger partial charge < -0.3 is 10.6 Å². The van der Waals surface area contributed by atoms with Crippen LogP contribution in [0.5, 0.6) is 0 Å². The zero-order valence-corrected chi connectivity index (χ0v) is 12.8. The molecule has 110 valence electrons. The Hall–Kier alpha value is -2.43. The first-order chi connectivity index (χ1) is 9.84. The van der Waals surface area contributed by atoms with E-state index in [0.717, 1.165) is 22.9 Å². The summed E-state index contributed by atoms with van der Waals surface area (Å²) >= 11 is 0. The van der Waals surface area contributed by atoms with Crippen molar-refractivity contribution in [2.24, 2.45) is 5.41 Å². The maximum Gasteiger partial charge on any atom is 0.229 e. The van der Waals surface area contributed by atoms with Crippen LogP contribution in [0.2, 0.25) is 0 Å². The Labute approximate surface area is 124 Å². The van der Waals surface area contributed by atoms with E-state index in [2.05, 4.69) is 20.6 Å². The van der Waals surface area contributed by atoms with Gasteiger partial charge in [0, 0.05) is 28.6 Å². The number of rotatable bonds is 3. The van der Waals surface area contributed by atoms with Crippen molar-refractivity contribution in [3.05, 3.63) is 42.4 Å². The Bertz CT molecular complexity index is 629. The summed E-state index contributed by atoms with van der Waals surface area (Å²) in [6, 6.07) is 9.39. The molecule has 0 unspecified atom stereocenters. The molecule has 0 aliphatic heterocycles. The Kier molecular flexibility index (Phi) is 4.21. The maximum atomic E-state index is 11.9. The van der Waals surface area contributed by atoms with Gasteiger partial charge in [-0.2, -0.15) is 0 Å². The van der Waals surface area contributed by atoms with E-state index >= 15 is 0 Å². The van der Waals surface area contributed by atoms with E-state index in [9.17, 15) is 4.79 Å². The van der Waals surface area contributed by atoms with E-state index in [4.69, 9.17) is 0 Å². The highest BCUT2D eigenvalue weighted by atomic mass is 16.2. The van der Waals surface area contributed by atoms with Crippen LogP contribution in [0.4, 0.5) is 17.2 Å². The lowest BCUT2D eigenvalue weighted by atomic mass is 9.95. The highest BCUT2D eigenvalue weighted by Gasteiger charge is 2.20. The number of nitrogens with zero attached hydrogens (tertiary/aromatic N) is 2. The number of hydrogen-bond donors (Lipinski definition) is 2. The minimum absolute atomic E-state index is 0.00497. The molecule has 0 fully saturated rings. The lowest BCUT2D eigenvalue weighted by Gasteiger charge is -2.17. The maximum absolute atomic E-state index is 11.9. The summed E-state index contributed by atoms with van der Waals surface area (Å²) in [6.07, 6.45) is 1.52. The summed E-state index contributed by atoms with van der Waals surface area (Å²) in [5.74, 6) is 0.739. The van der Waals surface area contributed by atoms with Gasteiger partial charge in [-0.25, -0.2) is 9.97 Å². The molecule has 0 bridgehead atoms. The molecule has 0 aliphatic carbocycles. The van der Waals surface area contributed by atoms with Crippen molar-refractivity contribution in [2.75, 3.05) is 10.6 Å². The largest absolute Gasteiger partial charge is 0.340 e. The van der Waals surface area contributed by atoms with E-state index in [1.165, 1.54) is 6.33 Å². The molecule has 0 spiro atoms. The quantitative estimate of drug-likeness (QED) is 0.905. The molecule has 1 heterocycles. The molecule has 5 heteroatoms. The van der Waals surface area contributed by atoms with Gasteiger partial charge in [-0.15, -0.1) is 0 Å². The fourth-order valence-electron chi connectivity index (χ4n) is 1.63. The SMILES string of the molecule is Cc1cc(Nc2ccc(NC(=O)C(C)(C)C)cc2)ncn1. The number of amides is 1. The van der Waals surface area contributed by atoms with Crippen molar-refractivity contribution in [1.29, 1.82) is 0 Å². The first-order valence-electron chi connectivity index (χ1n) is 6.82. The summed E-state index contributed by atoms with van der Waals surface area (Å²) in [5, 5.41) is 6.08. The first kappa shape index (κ1) is 15.0. The number of nitrogens with one attached hydrogen (secondary N) is 2. The lowest BCUT2D eigenvalue weighted by molar-refractivity contribution is -0.123. The molecule has 1 aromatic heterocycles. The van der Waals surface area contributed by atoms with Gasteiger partial charge in [-0.05, 0) is 31.2 Å². The van der Waals surface area contributed by atoms with E-state index < -0.39 is 5.41 Å². The first-order valence-corrected chi connectivity index (χ1v) is 6.82. The van der Waals surface area contributed by atoms with Crippen molar-refractivity contribution in [3.63, 3.8) is 0 Å². The Morgan fingerprint density at radius 1 is 1.05 bits per heavy atom. The van der Waals surface area contributed by atoms with Crippen LogP contribution in [0.1, 0.15) is 26.5 Å². The number of hydrogen-bond acceptors (Lipinski definition) is 4. The third kappa shape index (κ3) is 4.27. The van der Waals surface area contributed by atoms with Crippen LogP contribution in [-0.2, 0) is 4.79 Å². The number of benzene rings is 1. The average molecular weight is 284 g/mol. The van der Waals surface area contributed by atoms with Crippen LogP contribution in [0.3, 0.4) is 0 Å². The minimum Gasteiger partial charge on any atom is -0.340 e. The number of aryl methyl sites for hydroxylation is 1. The monoisotopic (exact) mass is 284 g/mol. The fourth-order valence-corrected chi connectivity index (χ4v) is 1.63. The summed E-state index contributed by atoms with van der Waals surface area (Å²) in [5.41, 5.74) is 2.18. The van der Waals surface area contributed by atoms with Crippen molar-refractivity contribution in [2.45, 2.75) is 27.7 Å². The molecule has 2 rings (SSSR count). The molecule has 1 amide bonds. The second-order valence-corrected chi connectivity index (χ2v) is 5.95. The molecule has 2 N–H and O–H groups in total. The van der Waals surface area contributed by atoms with Gasteiger partial charge in [0.2, 0.25) is 5.91 Å². The normalized spacial score (nSPS) is 11.0. The summed E-state index contributed by atoms with van der Waals surface area (Å²) < 4.78 is 0. The predicted molar refractivity (Wildman–Crippen MR) is 84.6 cm³/mol. The van der Waals surface area contributed by atoms with Crippen LogP contribution in [0.25, 0.3) is 0 Å². The van der Waals surface area contributed by atoms with E-state index in [0.29, 0.717) is 0 Å². The minimum atomic E-state index is -0.407. The van der Waals surface area contributed by atoms with Gasteiger partial charge in [-0.1, -0.05) is 20.8 Å². The van der Waals surface area contributed by atoms with Gasteiger partial charge in [0.1, 0.15) is 12.1 Å². The van der Waals surface area contributed by atoms with Crippen molar-refractivity contribution in [1.82, 2.24) is 9.97 Å². The summed E-state index contributed by atoms with van der Waals surface area (Å²) in [4.78, 5) is 20.1. The Morgan fingerprint density at radius 3 is 2.24 bits per heavy atom. The van der Waals surface area contributed by atoms with Gasteiger partial charge in [0.25, 0.3) is 0 Å². The molecule has 0 aliphatic rings. The molecule has 0 radical (unpaired) electrons. The zero-order valence-electron chi connectivity index (χ0n) is 12.8. The van der Waals surface area contributed by atoms with Crippen molar-refractivity contribution < 1.29 is 4.79 Å². The third-order valence-electron chi connectivity index (χ3n) is 2.90. The topological polar surface area (TPSA) is 66.9 Å². The molecular weight excluding hydrogens is 264 g/mol. The predicted octanol–water partition coefficient (Wildman–Crippen LogP) is 3.51. The molecule has 21 heavy (non-hydrogen) atoms. The summed E-state index contributed by atoms with van der Waals surface area (Å²) in [6.45, 7) is 7.57. The van der Waals surface area contributed by atoms with Gasteiger partial charge in [0.05, 0.1) is 0 Å². The van der Waals surface area contributed by atoms with Crippen molar-refractivity contribution >= 4 is 23.1 Å². The third-order valence-corrected chi connectivity index (χ3v) is 2.90. The molecule has 0 atom stereocenters. The highest BCUT2D eigenvalue weighted by molar-refractivity contribution is 5.94. The highest BCUT2D eigenvalue weighted by Crippen LogP contribution is 2.20. The number of anilines is 3. The van der Waals surface area contributed by atoms with E-state index in [1.807, 2.05) is 58.0 Å². The molecule has 0 saturated heterocycles. The second-order valence-electron chi connectivity index (χ2n) is 5.95. The van der Waals surface area contributed by atoms with Gasteiger partial charge in [0.15, 0.2) is 0 Å². The standard InChI is InChI=1S/C16H20N4O/c1-11-9-14(18-10-17-11)19-12-5-7-13(8-6-12)20-15(21)16(2,3)4/h5-10H,1-4H3,(H,20,21)(H,17,18,19).